The van der Waals surface area contributed by atoms with Crippen molar-refractivity contribution in [3.8, 4) is 5.75 Å². The zero-order valence-electron chi connectivity index (χ0n) is 13.3. The van der Waals surface area contributed by atoms with Crippen LogP contribution in [0.15, 0.2) is 47.6 Å². The van der Waals surface area contributed by atoms with Crippen LogP contribution in [0.2, 0.25) is 10.0 Å². The third-order valence-electron chi connectivity index (χ3n) is 3.14. The molecule has 0 unspecified atom stereocenters. The average molecular weight is 380 g/mol. The number of ether oxygens (including phenoxy) is 1. The van der Waals surface area contributed by atoms with Gasteiger partial charge in [0, 0.05) is 5.56 Å². The summed E-state index contributed by atoms with van der Waals surface area (Å²) in [5.74, 6) is -0.500. The van der Waals surface area contributed by atoms with Crippen molar-refractivity contribution in [1.29, 1.82) is 0 Å². The summed E-state index contributed by atoms with van der Waals surface area (Å²) in [6.45, 7) is -0.246. The molecule has 0 saturated carbocycles. The van der Waals surface area contributed by atoms with Crippen LogP contribution in [0.1, 0.15) is 15.9 Å². The largest absolute Gasteiger partial charge is 0.496 e. The standard InChI is InChI=1S/C17H15Cl2N3O3/c1-25-15-8-3-2-5-11(15)17(24)20-10-16(23)22-21-9-12-13(18)6-4-7-14(12)19/h2-9H,10H2,1H3,(H,20,24)(H,22,23)/b21-9-. The molecule has 130 valence electrons. The molecule has 0 radical (unpaired) electrons. The highest BCUT2D eigenvalue weighted by atomic mass is 35.5. The van der Waals surface area contributed by atoms with Crippen LogP contribution < -0.4 is 15.5 Å². The molecule has 2 N–H and O–H groups in total. The van der Waals surface area contributed by atoms with Crippen LogP contribution in [-0.2, 0) is 4.79 Å². The second-order valence-electron chi connectivity index (χ2n) is 4.81. The number of hydrogen-bond acceptors (Lipinski definition) is 4. The first-order valence-corrected chi connectivity index (χ1v) is 7.95. The molecule has 25 heavy (non-hydrogen) atoms. The van der Waals surface area contributed by atoms with Crippen LogP contribution in [0.3, 0.4) is 0 Å². The van der Waals surface area contributed by atoms with Crippen molar-refractivity contribution in [3.05, 3.63) is 63.6 Å². The topological polar surface area (TPSA) is 79.8 Å². The lowest BCUT2D eigenvalue weighted by molar-refractivity contribution is -0.120. The fraction of sp³-hybridized carbons (Fsp3) is 0.118. The molecule has 2 aromatic carbocycles. The first kappa shape index (κ1) is 18.8. The van der Waals surface area contributed by atoms with Gasteiger partial charge in [0.2, 0.25) is 0 Å². The number of benzene rings is 2. The van der Waals surface area contributed by atoms with Crippen molar-refractivity contribution < 1.29 is 14.3 Å². The van der Waals surface area contributed by atoms with E-state index >= 15 is 0 Å². The zero-order valence-corrected chi connectivity index (χ0v) is 14.8. The zero-order chi connectivity index (χ0) is 18.2. The lowest BCUT2D eigenvalue weighted by atomic mass is 10.2. The van der Waals surface area contributed by atoms with Gasteiger partial charge >= 0.3 is 0 Å². The fourth-order valence-corrected chi connectivity index (χ4v) is 2.43. The van der Waals surface area contributed by atoms with Gasteiger partial charge in [-0.1, -0.05) is 41.4 Å². The minimum atomic E-state index is -0.498. The van der Waals surface area contributed by atoms with Gasteiger partial charge in [-0.15, -0.1) is 0 Å². The van der Waals surface area contributed by atoms with Crippen LogP contribution >= 0.6 is 23.2 Å². The third-order valence-corrected chi connectivity index (χ3v) is 3.80. The van der Waals surface area contributed by atoms with Crippen molar-refractivity contribution in [2.24, 2.45) is 5.10 Å². The molecule has 0 bridgehead atoms. The van der Waals surface area contributed by atoms with Crippen LogP contribution in [0.25, 0.3) is 0 Å². The van der Waals surface area contributed by atoms with E-state index in [0.29, 0.717) is 26.9 Å². The van der Waals surface area contributed by atoms with Crippen LogP contribution in [0.4, 0.5) is 0 Å². The van der Waals surface area contributed by atoms with E-state index in [4.69, 9.17) is 27.9 Å². The van der Waals surface area contributed by atoms with Crippen LogP contribution in [0, 0.1) is 0 Å². The number of amides is 2. The molecule has 0 fully saturated rings. The molecule has 0 aliphatic rings. The van der Waals surface area contributed by atoms with Gasteiger partial charge in [-0.3, -0.25) is 9.59 Å². The number of hydrazone groups is 1. The Morgan fingerprint density at radius 3 is 2.48 bits per heavy atom. The molecule has 0 aliphatic carbocycles. The molecule has 2 amide bonds. The highest BCUT2D eigenvalue weighted by Gasteiger charge is 2.12. The summed E-state index contributed by atoms with van der Waals surface area (Å²) in [5.41, 5.74) is 3.12. The van der Waals surface area contributed by atoms with E-state index < -0.39 is 11.8 Å². The van der Waals surface area contributed by atoms with E-state index in [1.165, 1.54) is 13.3 Å². The molecule has 2 aromatic rings. The molecule has 0 atom stereocenters. The maximum atomic E-state index is 12.1. The number of methoxy groups -OCH3 is 1. The molecule has 2 rings (SSSR count). The van der Waals surface area contributed by atoms with Gasteiger partial charge in [0.05, 0.1) is 35.5 Å². The molecule has 0 aliphatic heterocycles. The molecule has 0 heterocycles. The predicted molar refractivity (Wildman–Crippen MR) is 97.5 cm³/mol. The monoisotopic (exact) mass is 379 g/mol. The number of halogens is 2. The lowest BCUT2D eigenvalue weighted by Crippen LogP contribution is -2.35. The number of nitrogens with one attached hydrogen (secondary N) is 2. The number of hydrogen-bond donors (Lipinski definition) is 2. The normalized spacial score (nSPS) is 10.5. The maximum Gasteiger partial charge on any atom is 0.259 e. The summed E-state index contributed by atoms with van der Waals surface area (Å²) < 4.78 is 5.10. The predicted octanol–water partition coefficient (Wildman–Crippen LogP) is 2.88. The van der Waals surface area contributed by atoms with Gasteiger partial charge in [0.25, 0.3) is 11.8 Å². The Bertz CT molecular complexity index is 789. The fourth-order valence-electron chi connectivity index (χ4n) is 1.93. The van der Waals surface area contributed by atoms with Gasteiger partial charge in [-0.05, 0) is 24.3 Å². The average Bonchev–Trinajstić information content (AvgIpc) is 2.62. The highest BCUT2D eigenvalue weighted by molar-refractivity contribution is 6.38. The van der Waals surface area contributed by atoms with Crippen molar-refractivity contribution in [3.63, 3.8) is 0 Å². The molecule has 0 aromatic heterocycles. The second kappa shape index (κ2) is 9.05. The minimum Gasteiger partial charge on any atom is -0.496 e. The van der Waals surface area contributed by atoms with Crippen molar-refractivity contribution >= 4 is 41.2 Å². The number of para-hydroxylation sites is 1. The number of nitrogens with zero attached hydrogens (tertiary/aromatic N) is 1. The van der Waals surface area contributed by atoms with E-state index in [1.807, 2.05) is 0 Å². The summed E-state index contributed by atoms with van der Waals surface area (Å²) in [6.07, 6.45) is 1.34. The Morgan fingerprint density at radius 1 is 1.12 bits per heavy atom. The molecule has 6 nitrogen and oxygen atoms in total. The lowest BCUT2D eigenvalue weighted by Gasteiger charge is -2.08. The summed E-state index contributed by atoms with van der Waals surface area (Å²) in [4.78, 5) is 23.8. The summed E-state index contributed by atoms with van der Waals surface area (Å²) in [5, 5.41) is 7.09. The Labute approximate surface area is 154 Å². The highest BCUT2D eigenvalue weighted by Crippen LogP contribution is 2.22. The quantitative estimate of drug-likeness (QED) is 0.598. The summed E-state index contributed by atoms with van der Waals surface area (Å²) in [7, 11) is 1.47. The first-order valence-electron chi connectivity index (χ1n) is 7.20. The smallest absolute Gasteiger partial charge is 0.259 e. The Kier molecular flexibility index (Phi) is 6.80. The Morgan fingerprint density at radius 2 is 1.80 bits per heavy atom. The van der Waals surface area contributed by atoms with E-state index in [2.05, 4.69) is 15.8 Å². The van der Waals surface area contributed by atoms with Gasteiger partial charge in [0.1, 0.15) is 5.75 Å². The number of rotatable bonds is 6. The van der Waals surface area contributed by atoms with Crippen molar-refractivity contribution in [2.75, 3.05) is 13.7 Å². The van der Waals surface area contributed by atoms with Gasteiger partial charge < -0.3 is 10.1 Å². The van der Waals surface area contributed by atoms with Crippen LogP contribution in [-0.4, -0.2) is 31.7 Å². The molecule has 0 spiro atoms. The minimum absolute atomic E-state index is 0.246. The summed E-state index contributed by atoms with van der Waals surface area (Å²) in [6, 6.07) is 11.7. The van der Waals surface area contributed by atoms with E-state index in [9.17, 15) is 9.59 Å². The SMILES string of the molecule is COc1ccccc1C(=O)NCC(=O)N/N=C\c1c(Cl)cccc1Cl. The maximum absolute atomic E-state index is 12.1. The number of carbonyl (C=O) groups is 2. The Hall–Kier alpha value is -2.57. The molecule has 0 saturated heterocycles. The molecule has 8 heteroatoms. The molecular weight excluding hydrogens is 365 g/mol. The third kappa shape index (κ3) is 5.20. The summed E-state index contributed by atoms with van der Waals surface area (Å²) >= 11 is 12.0. The Balaban J connectivity index is 1.88. The van der Waals surface area contributed by atoms with Gasteiger partial charge in [-0.2, -0.15) is 5.10 Å². The second-order valence-corrected chi connectivity index (χ2v) is 5.63. The van der Waals surface area contributed by atoms with Crippen molar-refractivity contribution in [2.45, 2.75) is 0 Å². The van der Waals surface area contributed by atoms with Gasteiger partial charge in [0.15, 0.2) is 0 Å². The van der Waals surface area contributed by atoms with Crippen LogP contribution in [0.5, 0.6) is 5.75 Å². The molecular formula is C17H15Cl2N3O3. The van der Waals surface area contributed by atoms with Crippen molar-refractivity contribution in [1.82, 2.24) is 10.7 Å². The van der Waals surface area contributed by atoms with E-state index in [0.717, 1.165) is 0 Å². The van der Waals surface area contributed by atoms with E-state index in [-0.39, 0.29) is 6.54 Å². The van der Waals surface area contributed by atoms with Gasteiger partial charge in [-0.25, -0.2) is 5.43 Å². The number of carbonyl (C=O) groups excluding carboxylic acids is 2. The first-order chi connectivity index (χ1) is 12.0. The van der Waals surface area contributed by atoms with E-state index in [1.54, 1.807) is 42.5 Å².